The molecule has 2 aromatic carbocycles. The van der Waals surface area contributed by atoms with Crippen LogP contribution in [-0.2, 0) is 21.2 Å². The fourth-order valence-electron chi connectivity index (χ4n) is 4.29. The molecule has 1 fully saturated rings. The van der Waals surface area contributed by atoms with Crippen molar-refractivity contribution >= 4 is 27.3 Å². The van der Waals surface area contributed by atoms with Gasteiger partial charge >= 0.3 is 0 Å². The highest BCUT2D eigenvalue weighted by molar-refractivity contribution is 7.92. The number of sulfonamides is 1. The van der Waals surface area contributed by atoms with E-state index in [0.29, 0.717) is 36.8 Å². The minimum Gasteiger partial charge on any atom is -0.494 e. The Morgan fingerprint density at radius 1 is 1.09 bits per heavy atom. The Morgan fingerprint density at radius 3 is 2.50 bits per heavy atom. The SMILES string of the molecule is CCOc1ccc(OCC)c(NS(=O)(=O)c2ccc3c(c2)CC(C)N3C(=O)C2CCC2)c1. The first-order valence-corrected chi connectivity index (χ1v) is 12.7. The van der Waals surface area contributed by atoms with Gasteiger partial charge in [-0.05, 0) is 75.9 Å². The van der Waals surface area contributed by atoms with Gasteiger partial charge < -0.3 is 14.4 Å². The second-order valence-electron chi connectivity index (χ2n) is 8.31. The Labute approximate surface area is 189 Å². The van der Waals surface area contributed by atoms with E-state index in [1.807, 2.05) is 25.7 Å². The standard InChI is InChI=1S/C24H30N2O5S/c1-4-30-19-9-12-23(31-5-2)21(15-19)25-32(28,29)20-10-11-22-18(14-20)13-16(3)26(22)24(27)17-7-6-8-17/h9-12,14-17,25H,4-8,13H2,1-3H3. The number of carbonyl (C=O) groups is 1. The first-order valence-electron chi connectivity index (χ1n) is 11.2. The van der Waals surface area contributed by atoms with E-state index in [-0.39, 0.29) is 22.8 Å². The van der Waals surface area contributed by atoms with Gasteiger partial charge in [-0.15, -0.1) is 0 Å². The van der Waals surface area contributed by atoms with Crippen molar-refractivity contribution in [3.05, 3.63) is 42.0 Å². The molecule has 1 atom stereocenters. The van der Waals surface area contributed by atoms with Crippen LogP contribution in [0.15, 0.2) is 41.3 Å². The molecule has 1 aliphatic carbocycles. The zero-order valence-electron chi connectivity index (χ0n) is 18.8. The number of hydrogen-bond acceptors (Lipinski definition) is 5. The summed E-state index contributed by atoms with van der Waals surface area (Å²) < 4.78 is 40.1. The van der Waals surface area contributed by atoms with E-state index in [1.54, 1.807) is 36.4 Å². The Kier molecular flexibility index (Phi) is 6.33. The molecule has 1 heterocycles. The molecular formula is C24H30N2O5S. The largest absolute Gasteiger partial charge is 0.494 e. The predicted molar refractivity (Wildman–Crippen MR) is 124 cm³/mol. The fourth-order valence-corrected chi connectivity index (χ4v) is 5.40. The lowest BCUT2D eigenvalue weighted by molar-refractivity contribution is -0.125. The molecule has 1 aliphatic heterocycles. The molecule has 0 radical (unpaired) electrons. The van der Waals surface area contributed by atoms with Gasteiger partial charge in [-0.1, -0.05) is 6.42 Å². The van der Waals surface area contributed by atoms with E-state index in [2.05, 4.69) is 4.72 Å². The van der Waals surface area contributed by atoms with Crippen molar-refractivity contribution in [3.63, 3.8) is 0 Å². The molecule has 2 aromatic rings. The quantitative estimate of drug-likeness (QED) is 0.635. The highest BCUT2D eigenvalue weighted by atomic mass is 32.2. The highest BCUT2D eigenvalue weighted by Crippen LogP contribution is 2.39. The highest BCUT2D eigenvalue weighted by Gasteiger charge is 2.37. The maximum atomic E-state index is 13.2. The number of nitrogens with zero attached hydrogens (tertiary/aromatic N) is 1. The van der Waals surface area contributed by atoms with Crippen LogP contribution < -0.4 is 19.1 Å². The number of carbonyl (C=O) groups excluding carboxylic acids is 1. The molecule has 1 N–H and O–H groups in total. The molecule has 172 valence electrons. The lowest BCUT2D eigenvalue weighted by Crippen LogP contribution is -2.42. The van der Waals surface area contributed by atoms with Gasteiger partial charge in [0.2, 0.25) is 5.91 Å². The van der Waals surface area contributed by atoms with Crippen LogP contribution >= 0.6 is 0 Å². The zero-order chi connectivity index (χ0) is 22.9. The number of fused-ring (bicyclic) bond motifs is 1. The van der Waals surface area contributed by atoms with Gasteiger partial charge in [-0.2, -0.15) is 0 Å². The van der Waals surface area contributed by atoms with Crippen molar-refractivity contribution in [2.45, 2.75) is 57.4 Å². The number of amides is 1. The molecule has 4 rings (SSSR count). The van der Waals surface area contributed by atoms with E-state index in [4.69, 9.17) is 9.47 Å². The Bertz CT molecular complexity index is 1110. The lowest BCUT2D eigenvalue weighted by atomic mass is 9.84. The monoisotopic (exact) mass is 458 g/mol. The number of hydrogen-bond donors (Lipinski definition) is 1. The molecular weight excluding hydrogens is 428 g/mol. The summed E-state index contributed by atoms with van der Waals surface area (Å²) in [5, 5.41) is 0. The van der Waals surface area contributed by atoms with Crippen molar-refractivity contribution in [1.29, 1.82) is 0 Å². The van der Waals surface area contributed by atoms with Crippen molar-refractivity contribution in [1.82, 2.24) is 0 Å². The molecule has 1 unspecified atom stereocenters. The second-order valence-corrected chi connectivity index (χ2v) is 9.99. The van der Waals surface area contributed by atoms with Crippen molar-refractivity contribution in [3.8, 4) is 11.5 Å². The molecule has 0 saturated heterocycles. The van der Waals surface area contributed by atoms with Crippen LogP contribution in [0.1, 0.15) is 45.6 Å². The van der Waals surface area contributed by atoms with Gasteiger partial charge in [0.05, 0.1) is 23.8 Å². The molecule has 0 bridgehead atoms. The van der Waals surface area contributed by atoms with Crippen LogP contribution in [0.4, 0.5) is 11.4 Å². The molecule has 0 spiro atoms. The maximum Gasteiger partial charge on any atom is 0.262 e. The molecule has 32 heavy (non-hydrogen) atoms. The van der Waals surface area contributed by atoms with Gasteiger partial charge in [-0.3, -0.25) is 9.52 Å². The van der Waals surface area contributed by atoms with E-state index >= 15 is 0 Å². The zero-order valence-corrected chi connectivity index (χ0v) is 19.6. The average molecular weight is 459 g/mol. The summed E-state index contributed by atoms with van der Waals surface area (Å²) in [5.74, 6) is 1.25. The Morgan fingerprint density at radius 2 is 1.84 bits per heavy atom. The van der Waals surface area contributed by atoms with E-state index in [0.717, 1.165) is 30.5 Å². The van der Waals surface area contributed by atoms with Gasteiger partial charge in [0, 0.05) is 23.7 Å². The van der Waals surface area contributed by atoms with Gasteiger partial charge in [0.15, 0.2) is 0 Å². The first kappa shape index (κ1) is 22.5. The number of anilines is 2. The molecule has 1 saturated carbocycles. The van der Waals surface area contributed by atoms with Crippen LogP contribution in [0.25, 0.3) is 0 Å². The van der Waals surface area contributed by atoms with Crippen LogP contribution in [0.2, 0.25) is 0 Å². The molecule has 2 aliphatic rings. The number of rotatable bonds is 8. The van der Waals surface area contributed by atoms with E-state index < -0.39 is 10.0 Å². The van der Waals surface area contributed by atoms with E-state index in [1.165, 1.54) is 0 Å². The topological polar surface area (TPSA) is 84.9 Å². The van der Waals surface area contributed by atoms with Crippen molar-refractivity contribution in [2.75, 3.05) is 22.8 Å². The van der Waals surface area contributed by atoms with Crippen molar-refractivity contribution in [2.24, 2.45) is 5.92 Å². The predicted octanol–water partition coefficient (Wildman–Crippen LogP) is 4.36. The third kappa shape index (κ3) is 4.28. The van der Waals surface area contributed by atoms with Crippen LogP contribution in [0.3, 0.4) is 0 Å². The second kappa shape index (κ2) is 9.02. The van der Waals surface area contributed by atoms with E-state index in [9.17, 15) is 13.2 Å². The summed E-state index contributed by atoms with van der Waals surface area (Å²) in [7, 11) is -3.86. The first-order chi connectivity index (χ1) is 15.3. The van der Waals surface area contributed by atoms with Crippen LogP contribution in [-0.4, -0.2) is 33.6 Å². The van der Waals surface area contributed by atoms with Crippen LogP contribution in [0, 0.1) is 5.92 Å². The van der Waals surface area contributed by atoms with Crippen LogP contribution in [0.5, 0.6) is 11.5 Å². The summed E-state index contributed by atoms with van der Waals surface area (Å²) in [4.78, 5) is 14.9. The Hall–Kier alpha value is -2.74. The normalized spacial score (nSPS) is 18.1. The summed E-state index contributed by atoms with van der Waals surface area (Å²) in [6.07, 6.45) is 3.62. The third-order valence-electron chi connectivity index (χ3n) is 6.07. The molecule has 7 nitrogen and oxygen atoms in total. The lowest BCUT2D eigenvalue weighted by Gasteiger charge is -2.32. The smallest absolute Gasteiger partial charge is 0.262 e. The minimum atomic E-state index is -3.86. The Balaban J connectivity index is 1.61. The average Bonchev–Trinajstić information content (AvgIpc) is 3.03. The fraction of sp³-hybridized carbons (Fsp3) is 0.458. The molecule has 0 aromatic heterocycles. The third-order valence-corrected chi connectivity index (χ3v) is 7.44. The van der Waals surface area contributed by atoms with Gasteiger partial charge in [-0.25, -0.2) is 8.42 Å². The summed E-state index contributed by atoms with van der Waals surface area (Å²) in [6.45, 7) is 6.60. The summed E-state index contributed by atoms with van der Waals surface area (Å²) >= 11 is 0. The minimum absolute atomic E-state index is 0.0245. The number of nitrogens with one attached hydrogen (secondary N) is 1. The van der Waals surface area contributed by atoms with Gasteiger partial charge in [0.25, 0.3) is 10.0 Å². The number of ether oxygens (including phenoxy) is 2. The van der Waals surface area contributed by atoms with Gasteiger partial charge in [0.1, 0.15) is 11.5 Å². The maximum absolute atomic E-state index is 13.2. The summed E-state index contributed by atoms with van der Waals surface area (Å²) in [6, 6.07) is 10.1. The molecule has 1 amide bonds. The summed E-state index contributed by atoms with van der Waals surface area (Å²) in [5.41, 5.74) is 2.02. The number of benzene rings is 2. The van der Waals surface area contributed by atoms with Crippen molar-refractivity contribution < 1.29 is 22.7 Å². The molecule has 8 heteroatoms.